The van der Waals surface area contributed by atoms with Gasteiger partial charge in [-0.15, -0.1) is 0 Å². The summed E-state index contributed by atoms with van der Waals surface area (Å²) in [5.74, 6) is 0. The second-order valence-corrected chi connectivity index (χ2v) is 4.27. The molecule has 1 aromatic heterocycles. The van der Waals surface area contributed by atoms with Crippen molar-refractivity contribution in [3.05, 3.63) is 52.0 Å². The highest BCUT2D eigenvalue weighted by Crippen LogP contribution is 2.21. The van der Waals surface area contributed by atoms with Crippen LogP contribution >= 0.6 is 23.2 Å². The van der Waals surface area contributed by atoms with Gasteiger partial charge in [0.05, 0.1) is 18.6 Å². The number of imidazole rings is 1. The van der Waals surface area contributed by atoms with Gasteiger partial charge in [-0.3, -0.25) is 0 Å². The summed E-state index contributed by atoms with van der Waals surface area (Å²) >= 11 is 11.9. The van der Waals surface area contributed by atoms with Gasteiger partial charge in [0, 0.05) is 22.8 Å². The lowest BCUT2D eigenvalue weighted by Crippen LogP contribution is -1.97. The number of hydrogen-bond donors (Lipinski definition) is 1. The average Bonchev–Trinajstić information content (AvgIpc) is 2.70. The Bertz CT molecular complexity index is 496. The lowest BCUT2D eigenvalue weighted by atomic mass is 10.2. The summed E-state index contributed by atoms with van der Waals surface area (Å²) in [6.07, 6.45) is 3.45. The summed E-state index contributed by atoms with van der Waals surface area (Å²) in [5.41, 5.74) is 1.61. The van der Waals surface area contributed by atoms with E-state index in [2.05, 4.69) is 4.98 Å². The van der Waals surface area contributed by atoms with Gasteiger partial charge in [-0.05, 0) is 17.7 Å². The predicted molar refractivity (Wildman–Crippen MR) is 63.7 cm³/mol. The third-order valence-corrected chi connectivity index (χ3v) is 2.80. The van der Waals surface area contributed by atoms with Crippen LogP contribution in [0.2, 0.25) is 10.0 Å². The average molecular weight is 257 g/mol. The maximum absolute atomic E-state index is 8.89. The summed E-state index contributed by atoms with van der Waals surface area (Å²) in [6, 6.07) is 5.39. The van der Waals surface area contributed by atoms with Crippen LogP contribution in [0.25, 0.3) is 0 Å². The Morgan fingerprint density at radius 1 is 1.31 bits per heavy atom. The van der Waals surface area contributed by atoms with Gasteiger partial charge < -0.3 is 9.67 Å². The summed E-state index contributed by atoms with van der Waals surface area (Å²) < 4.78 is 1.86. The van der Waals surface area contributed by atoms with Crippen LogP contribution in [-0.4, -0.2) is 14.7 Å². The molecule has 0 aliphatic rings. The number of aliphatic hydroxyl groups excluding tert-OH is 1. The molecule has 2 rings (SSSR count). The second kappa shape index (κ2) is 4.87. The van der Waals surface area contributed by atoms with Crippen molar-refractivity contribution in [1.82, 2.24) is 9.55 Å². The minimum absolute atomic E-state index is 0.0542. The van der Waals surface area contributed by atoms with E-state index in [9.17, 15) is 0 Å². The minimum atomic E-state index is -0.0542. The molecule has 1 aromatic carbocycles. The van der Waals surface area contributed by atoms with Crippen molar-refractivity contribution in [2.75, 3.05) is 0 Å². The van der Waals surface area contributed by atoms with Crippen molar-refractivity contribution in [2.45, 2.75) is 13.2 Å². The fourth-order valence-electron chi connectivity index (χ4n) is 1.42. The van der Waals surface area contributed by atoms with E-state index in [1.165, 1.54) is 0 Å². The van der Waals surface area contributed by atoms with Crippen molar-refractivity contribution >= 4 is 23.2 Å². The van der Waals surface area contributed by atoms with E-state index in [4.69, 9.17) is 28.3 Å². The molecule has 1 N–H and O–H groups in total. The third-order valence-electron chi connectivity index (χ3n) is 2.22. The largest absolute Gasteiger partial charge is 0.390 e. The highest BCUT2D eigenvalue weighted by molar-refractivity contribution is 6.35. The summed E-state index contributed by atoms with van der Waals surface area (Å²) in [7, 11) is 0. The van der Waals surface area contributed by atoms with Gasteiger partial charge in [0.15, 0.2) is 0 Å². The molecule has 1 heterocycles. The van der Waals surface area contributed by atoms with Crippen LogP contribution < -0.4 is 0 Å². The van der Waals surface area contributed by atoms with Gasteiger partial charge in [-0.2, -0.15) is 0 Å². The SMILES string of the molecule is OCc1cn(Cc2ccc(Cl)cc2Cl)cn1. The molecule has 0 aliphatic carbocycles. The zero-order valence-electron chi connectivity index (χ0n) is 8.40. The van der Waals surface area contributed by atoms with Crippen LogP contribution in [0, 0.1) is 0 Å². The van der Waals surface area contributed by atoms with Gasteiger partial charge in [0.1, 0.15) is 0 Å². The first-order valence-electron chi connectivity index (χ1n) is 4.74. The molecule has 5 heteroatoms. The van der Waals surface area contributed by atoms with Crippen LogP contribution in [0.4, 0.5) is 0 Å². The van der Waals surface area contributed by atoms with E-state index in [-0.39, 0.29) is 6.61 Å². The summed E-state index contributed by atoms with van der Waals surface area (Å²) in [6.45, 7) is 0.560. The van der Waals surface area contributed by atoms with E-state index >= 15 is 0 Å². The molecule has 0 fully saturated rings. The molecule has 0 saturated carbocycles. The lowest BCUT2D eigenvalue weighted by Gasteiger charge is -2.05. The van der Waals surface area contributed by atoms with Gasteiger partial charge in [-0.25, -0.2) is 4.98 Å². The first-order chi connectivity index (χ1) is 7.69. The summed E-state index contributed by atoms with van der Waals surface area (Å²) in [4.78, 5) is 4.02. The van der Waals surface area contributed by atoms with Gasteiger partial charge >= 0.3 is 0 Å². The zero-order chi connectivity index (χ0) is 11.5. The zero-order valence-corrected chi connectivity index (χ0v) is 9.91. The quantitative estimate of drug-likeness (QED) is 0.918. The van der Waals surface area contributed by atoms with Gasteiger partial charge in [0.2, 0.25) is 0 Å². The standard InChI is InChI=1S/C11H10Cl2N2O/c12-9-2-1-8(11(13)3-9)4-15-5-10(6-16)14-7-15/h1-3,5,7,16H,4,6H2. The number of benzene rings is 1. The number of aromatic nitrogens is 2. The molecular formula is C11H10Cl2N2O. The van der Waals surface area contributed by atoms with Crippen LogP contribution in [-0.2, 0) is 13.2 Å². The minimum Gasteiger partial charge on any atom is -0.390 e. The van der Waals surface area contributed by atoms with E-state index in [1.54, 1.807) is 24.7 Å². The highest BCUT2D eigenvalue weighted by atomic mass is 35.5. The summed E-state index contributed by atoms with van der Waals surface area (Å²) in [5, 5.41) is 10.1. The molecular weight excluding hydrogens is 247 g/mol. The van der Waals surface area contributed by atoms with Crippen LogP contribution in [0.1, 0.15) is 11.3 Å². The molecule has 16 heavy (non-hydrogen) atoms. The number of aliphatic hydroxyl groups is 1. The van der Waals surface area contributed by atoms with E-state index in [0.717, 1.165) is 5.56 Å². The van der Waals surface area contributed by atoms with Crippen molar-refractivity contribution in [2.24, 2.45) is 0 Å². The van der Waals surface area contributed by atoms with Crippen molar-refractivity contribution in [3.8, 4) is 0 Å². The van der Waals surface area contributed by atoms with E-state index in [0.29, 0.717) is 22.3 Å². The van der Waals surface area contributed by atoms with E-state index in [1.807, 2.05) is 10.6 Å². The molecule has 0 spiro atoms. The van der Waals surface area contributed by atoms with Gasteiger partial charge in [-0.1, -0.05) is 29.3 Å². The predicted octanol–water partition coefficient (Wildman–Crippen LogP) is 2.73. The van der Waals surface area contributed by atoms with Gasteiger partial charge in [0.25, 0.3) is 0 Å². The first-order valence-corrected chi connectivity index (χ1v) is 5.50. The molecule has 0 aliphatic heterocycles. The fraction of sp³-hybridized carbons (Fsp3) is 0.182. The van der Waals surface area contributed by atoms with Crippen LogP contribution in [0.5, 0.6) is 0 Å². The van der Waals surface area contributed by atoms with Crippen LogP contribution in [0.15, 0.2) is 30.7 Å². The van der Waals surface area contributed by atoms with E-state index < -0.39 is 0 Å². The Labute approximate surface area is 103 Å². The normalized spacial score (nSPS) is 10.7. The second-order valence-electron chi connectivity index (χ2n) is 3.43. The topological polar surface area (TPSA) is 38.0 Å². The third kappa shape index (κ3) is 2.55. The maximum atomic E-state index is 8.89. The monoisotopic (exact) mass is 256 g/mol. The number of hydrogen-bond acceptors (Lipinski definition) is 2. The molecule has 0 radical (unpaired) electrons. The Morgan fingerprint density at radius 3 is 2.75 bits per heavy atom. The molecule has 0 saturated heterocycles. The number of rotatable bonds is 3. The molecule has 0 atom stereocenters. The lowest BCUT2D eigenvalue weighted by molar-refractivity contribution is 0.277. The maximum Gasteiger partial charge on any atom is 0.0953 e. The Morgan fingerprint density at radius 2 is 2.12 bits per heavy atom. The molecule has 0 amide bonds. The highest BCUT2D eigenvalue weighted by Gasteiger charge is 2.03. The Kier molecular flexibility index (Phi) is 3.49. The van der Waals surface area contributed by atoms with Crippen molar-refractivity contribution < 1.29 is 5.11 Å². The Balaban J connectivity index is 2.20. The molecule has 0 bridgehead atoms. The molecule has 0 unspecified atom stereocenters. The molecule has 84 valence electrons. The molecule has 3 nitrogen and oxygen atoms in total. The molecule has 2 aromatic rings. The number of halogens is 2. The smallest absolute Gasteiger partial charge is 0.0953 e. The number of nitrogens with zero attached hydrogens (tertiary/aromatic N) is 2. The van der Waals surface area contributed by atoms with Crippen molar-refractivity contribution in [1.29, 1.82) is 0 Å². The van der Waals surface area contributed by atoms with Crippen molar-refractivity contribution in [3.63, 3.8) is 0 Å². The Hall–Kier alpha value is -1.03. The van der Waals surface area contributed by atoms with Crippen LogP contribution in [0.3, 0.4) is 0 Å². The fourth-order valence-corrected chi connectivity index (χ4v) is 1.89. The first kappa shape index (κ1) is 11.5.